The quantitative estimate of drug-likeness (QED) is 0.366. The van der Waals surface area contributed by atoms with Crippen LogP contribution in [0.3, 0.4) is 0 Å². The summed E-state index contributed by atoms with van der Waals surface area (Å²) in [7, 11) is 0. The maximum absolute atomic E-state index is 12.0. The lowest BCUT2D eigenvalue weighted by molar-refractivity contribution is -0.155. The molecule has 0 unspecified atom stereocenters. The molecule has 0 aliphatic heterocycles. The van der Waals surface area contributed by atoms with Crippen LogP contribution in [0.1, 0.15) is 49.9 Å². The highest BCUT2D eigenvalue weighted by atomic mass is 16.7. The lowest BCUT2D eigenvalue weighted by atomic mass is 10.1. The Labute approximate surface area is 116 Å². The van der Waals surface area contributed by atoms with Gasteiger partial charge in [0.05, 0.1) is 6.61 Å². The van der Waals surface area contributed by atoms with Crippen LogP contribution >= 0.6 is 0 Å². The van der Waals surface area contributed by atoms with Crippen LogP contribution in [0.4, 0.5) is 0 Å². The summed E-state index contributed by atoms with van der Waals surface area (Å²) in [6.07, 6.45) is 3.98. The molecule has 0 aromatic heterocycles. The van der Waals surface area contributed by atoms with Gasteiger partial charge >= 0.3 is 0 Å². The minimum Gasteiger partial charge on any atom is -0.299 e. The number of ketones is 1. The second kappa shape index (κ2) is 9.70. The molecule has 106 valence electrons. The summed E-state index contributed by atoms with van der Waals surface area (Å²) in [6, 6.07) is 9.44. The van der Waals surface area contributed by atoms with Crippen molar-refractivity contribution in [1.82, 2.24) is 5.06 Å². The van der Waals surface area contributed by atoms with Crippen LogP contribution in [0, 0.1) is 0 Å². The summed E-state index contributed by atoms with van der Waals surface area (Å²) < 4.78 is 0. The van der Waals surface area contributed by atoms with Gasteiger partial charge in [-0.25, -0.2) is 0 Å². The largest absolute Gasteiger partial charge is 0.299 e. The third-order valence-electron chi connectivity index (χ3n) is 3.06. The first-order chi connectivity index (χ1) is 9.27. The van der Waals surface area contributed by atoms with Crippen LogP contribution in [0.15, 0.2) is 30.3 Å². The summed E-state index contributed by atoms with van der Waals surface area (Å²) in [5.41, 5.74) is 0.782. The van der Waals surface area contributed by atoms with Gasteiger partial charge in [-0.3, -0.25) is 9.63 Å². The number of benzene rings is 1. The van der Waals surface area contributed by atoms with Crippen molar-refractivity contribution in [3.8, 4) is 0 Å². The highest BCUT2D eigenvalue weighted by Gasteiger charge is 2.08. The molecule has 1 aromatic rings. The fourth-order valence-electron chi connectivity index (χ4n) is 1.85. The van der Waals surface area contributed by atoms with Gasteiger partial charge in [0, 0.05) is 25.1 Å². The number of unbranched alkanes of at least 4 members (excludes halogenated alkanes) is 2. The van der Waals surface area contributed by atoms with Gasteiger partial charge in [-0.1, -0.05) is 57.0 Å². The Hall–Kier alpha value is -1.19. The van der Waals surface area contributed by atoms with E-state index in [-0.39, 0.29) is 5.78 Å². The molecular weight excluding hydrogens is 238 g/mol. The SMILES string of the molecule is CCCCCON(CC)CCC(=O)c1ccccc1. The van der Waals surface area contributed by atoms with Gasteiger partial charge in [0.15, 0.2) is 5.78 Å². The van der Waals surface area contributed by atoms with E-state index < -0.39 is 0 Å². The fraction of sp³-hybridized carbons (Fsp3) is 0.562. The first-order valence-corrected chi connectivity index (χ1v) is 7.24. The van der Waals surface area contributed by atoms with Crippen molar-refractivity contribution >= 4 is 5.78 Å². The number of Topliss-reactive ketones (excluding diaryl/α,β-unsaturated/α-hetero) is 1. The first-order valence-electron chi connectivity index (χ1n) is 7.24. The van der Waals surface area contributed by atoms with Crippen LogP contribution in [0.2, 0.25) is 0 Å². The zero-order valence-corrected chi connectivity index (χ0v) is 12.1. The van der Waals surface area contributed by atoms with Crippen LogP contribution < -0.4 is 0 Å². The fourth-order valence-corrected chi connectivity index (χ4v) is 1.85. The van der Waals surface area contributed by atoms with Crippen molar-refractivity contribution in [3.05, 3.63) is 35.9 Å². The predicted octanol–water partition coefficient (Wildman–Crippen LogP) is 3.70. The summed E-state index contributed by atoms with van der Waals surface area (Å²) in [4.78, 5) is 17.6. The molecule has 0 saturated carbocycles. The van der Waals surface area contributed by atoms with Crippen molar-refractivity contribution < 1.29 is 9.63 Å². The lowest BCUT2D eigenvalue weighted by Gasteiger charge is -2.19. The number of rotatable bonds is 10. The molecule has 0 heterocycles. The maximum Gasteiger partial charge on any atom is 0.164 e. The van der Waals surface area contributed by atoms with Crippen LogP contribution in [-0.2, 0) is 4.84 Å². The van der Waals surface area contributed by atoms with Gasteiger partial charge in [0.25, 0.3) is 0 Å². The van der Waals surface area contributed by atoms with Gasteiger partial charge in [0.2, 0.25) is 0 Å². The molecule has 0 spiro atoms. The van der Waals surface area contributed by atoms with Gasteiger partial charge in [-0.15, -0.1) is 0 Å². The van der Waals surface area contributed by atoms with Crippen LogP contribution in [-0.4, -0.2) is 30.5 Å². The minimum atomic E-state index is 0.177. The maximum atomic E-state index is 12.0. The third-order valence-corrected chi connectivity index (χ3v) is 3.06. The standard InChI is InChI=1S/C16H25NO2/c1-3-5-9-14-19-17(4-2)13-12-16(18)15-10-7-6-8-11-15/h6-8,10-11H,3-5,9,12-14H2,1-2H3. The highest BCUT2D eigenvalue weighted by Crippen LogP contribution is 2.05. The highest BCUT2D eigenvalue weighted by molar-refractivity contribution is 5.96. The normalized spacial score (nSPS) is 10.9. The molecule has 0 saturated heterocycles. The third kappa shape index (κ3) is 6.50. The molecule has 0 atom stereocenters. The van der Waals surface area contributed by atoms with Crippen molar-refractivity contribution in [2.24, 2.45) is 0 Å². The van der Waals surface area contributed by atoms with Gasteiger partial charge < -0.3 is 0 Å². The molecule has 0 amide bonds. The van der Waals surface area contributed by atoms with Crippen molar-refractivity contribution in [1.29, 1.82) is 0 Å². The molecule has 1 aromatic carbocycles. The first kappa shape index (κ1) is 15.9. The average Bonchev–Trinajstić information content (AvgIpc) is 2.47. The molecule has 0 radical (unpaired) electrons. The van der Waals surface area contributed by atoms with Crippen molar-refractivity contribution in [3.63, 3.8) is 0 Å². The Morgan fingerprint density at radius 3 is 2.53 bits per heavy atom. The molecule has 0 bridgehead atoms. The van der Waals surface area contributed by atoms with Gasteiger partial charge in [-0.2, -0.15) is 5.06 Å². The Morgan fingerprint density at radius 2 is 1.89 bits per heavy atom. The minimum absolute atomic E-state index is 0.177. The van der Waals surface area contributed by atoms with Gasteiger partial charge in [-0.05, 0) is 6.42 Å². The second-order valence-corrected chi connectivity index (χ2v) is 4.60. The zero-order valence-electron chi connectivity index (χ0n) is 12.1. The van der Waals surface area contributed by atoms with E-state index in [2.05, 4.69) is 6.92 Å². The monoisotopic (exact) mass is 263 g/mol. The van der Waals surface area contributed by atoms with E-state index in [4.69, 9.17) is 4.84 Å². The smallest absolute Gasteiger partial charge is 0.164 e. The van der Waals surface area contributed by atoms with Crippen LogP contribution in [0.25, 0.3) is 0 Å². The molecule has 3 heteroatoms. The summed E-state index contributed by atoms with van der Waals surface area (Å²) in [5, 5.41) is 1.89. The number of hydrogen-bond acceptors (Lipinski definition) is 3. The predicted molar refractivity (Wildman–Crippen MR) is 78.1 cm³/mol. The van der Waals surface area contributed by atoms with E-state index in [0.717, 1.165) is 25.1 Å². The van der Waals surface area contributed by atoms with E-state index in [9.17, 15) is 4.79 Å². The van der Waals surface area contributed by atoms with E-state index in [1.807, 2.05) is 42.3 Å². The van der Waals surface area contributed by atoms with E-state index in [0.29, 0.717) is 13.0 Å². The molecular formula is C16H25NO2. The lowest BCUT2D eigenvalue weighted by Crippen LogP contribution is -2.27. The summed E-state index contributed by atoms with van der Waals surface area (Å²) in [6.45, 7) is 6.45. The van der Waals surface area contributed by atoms with E-state index in [1.165, 1.54) is 12.8 Å². The topological polar surface area (TPSA) is 29.5 Å². The van der Waals surface area contributed by atoms with Crippen molar-refractivity contribution in [2.75, 3.05) is 19.7 Å². The van der Waals surface area contributed by atoms with Gasteiger partial charge in [0.1, 0.15) is 0 Å². The second-order valence-electron chi connectivity index (χ2n) is 4.60. The average molecular weight is 263 g/mol. The number of nitrogens with zero attached hydrogens (tertiary/aromatic N) is 1. The number of carbonyl (C=O) groups is 1. The van der Waals surface area contributed by atoms with E-state index in [1.54, 1.807) is 0 Å². The van der Waals surface area contributed by atoms with E-state index >= 15 is 0 Å². The Morgan fingerprint density at radius 1 is 1.16 bits per heavy atom. The molecule has 1 rings (SSSR count). The molecule has 0 aliphatic carbocycles. The summed E-state index contributed by atoms with van der Waals surface area (Å²) in [5.74, 6) is 0.177. The number of carbonyl (C=O) groups excluding carboxylic acids is 1. The number of hydroxylamine groups is 2. The molecule has 0 fully saturated rings. The Bertz CT molecular complexity index is 351. The number of hydrogen-bond donors (Lipinski definition) is 0. The zero-order chi connectivity index (χ0) is 13.9. The van der Waals surface area contributed by atoms with Crippen molar-refractivity contribution in [2.45, 2.75) is 39.5 Å². The molecule has 19 heavy (non-hydrogen) atoms. The Balaban J connectivity index is 2.27. The Kier molecular flexibility index (Phi) is 8.10. The summed E-state index contributed by atoms with van der Waals surface area (Å²) >= 11 is 0. The molecule has 0 aliphatic rings. The van der Waals surface area contributed by atoms with Crippen LogP contribution in [0.5, 0.6) is 0 Å². The molecule has 0 N–H and O–H groups in total. The molecule has 3 nitrogen and oxygen atoms in total.